The van der Waals surface area contributed by atoms with Crippen molar-refractivity contribution >= 4 is 0 Å². The third kappa shape index (κ3) is 1.32. The van der Waals surface area contributed by atoms with E-state index in [1.807, 2.05) is 0 Å². The summed E-state index contributed by atoms with van der Waals surface area (Å²) in [5, 5.41) is 3.40. The third-order valence-electron chi connectivity index (χ3n) is 3.61. The Morgan fingerprint density at radius 2 is 2.40 bits per heavy atom. The summed E-state index contributed by atoms with van der Waals surface area (Å²) < 4.78 is 5.50. The summed E-state index contributed by atoms with van der Waals surface area (Å²) in [6.45, 7) is 7.13. The lowest BCUT2D eigenvalue weighted by atomic mass is 9.89. The van der Waals surface area contributed by atoms with Crippen molar-refractivity contribution in [1.29, 1.82) is 0 Å². The van der Waals surface area contributed by atoms with E-state index in [-0.39, 0.29) is 11.5 Å². The van der Waals surface area contributed by atoms with Crippen LogP contribution in [0.5, 0.6) is 0 Å². The van der Waals surface area contributed by atoms with Gasteiger partial charge in [-0.05, 0) is 19.9 Å². The largest absolute Gasteiger partial charge is 0.366 e. The van der Waals surface area contributed by atoms with E-state index in [4.69, 9.17) is 9.72 Å². The second kappa shape index (κ2) is 3.06. The van der Waals surface area contributed by atoms with Crippen LogP contribution in [0.25, 0.3) is 0 Å². The van der Waals surface area contributed by atoms with Crippen LogP contribution in [-0.4, -0.2) is 23.1 Å². The molecule has 3 heterocycles. The first-order valence-corrected chi connectivity index (χ1v) is 5.61. The summed E-state index contributed by atoms with van der Waals surface area (Å²) in [4.78, 5) is 8.14. The van der Waals surface area contributed by atoms with Gasteiger partial charge in [-0.3, -0.25) is 0 Å². The zero-order valence-electron chi connectivity index (χ0n) is 9.26. The Balaban J connectivity index is 1.97. The summed E-state index contributed by atoms with van der Waals surface area (Å²) in [6, 6.07) is 0. The van der Waals surface area contributed by atoms with Crippen LogP contribution in [0.15, 0.2) is 0 Å². The molecule has 0 amide bonds. The van der Waals surface area contributed by atoms with Crippen molar-refractivity contribution in [2.45, 2.75) is 38.4 Å². The van der Waals surface area contributed by atoms with Crippen LogP contribution in [0.4, 0.5) is 0 Å². The highest BCUT2D eigenvalue weighted by atomic mass is 16.5. The van der Waals surface area contributed by atoms with E-state index in [1.165, 1.54) is 5.69 Å². The number of fused-ring (bicyclic) bond motifs is 1. The van der Waals surface area contributed by atoms with E-state index in [9.17, 15) is 0 Å². The van der Waals surface area contributed by atoms with Gasteiger partial charge in [0.05, 0.1) is 24.1 Å². The summed E-state index contributed by atoms with van der Waals surface area (Å²) in [6.07, 6.45) is 1.32. The number of rotatable bonds is 1. The lowest BCUT2D eigenvalue weighted by Crippen LogP contribution is -2.26. The van der Waals surface area contributed by atoms with Crippen molar-refractivity contribution in [2.75, 3.05) is 13.1 Å². The van der Waals surface area contributed by atoms with Gasteiger partial charge in [0.2, 0.25) is 0 Å². The van der Waals surface area contributed by atoms with Crippen LogP contribution in [0.1, 0.15) is 43.6 Å². The Morgan fingerprint density at radius 1 is 1.53 bits per heavy atom. The normalized spacial score (nSPS) is 34.7. The van der Waals surface area contributed by atoms with Gasteiger partial charge in [0.25, 0.3) is 0 Å². The van der Waals surface area contributed by atoms with E-state index in [0.717, 1.165) is 31.0 Å². The SMILES string of the molecule is CC1OCc2[nH]c(C3(C)CCNC3)nc21. The van der Waals surface area contributed by atoms with Crippen molar-refractivity contribution in [3.8, 4) is 0 Å². The van der Waals surface area contributed by atoms with Gasteiger partial charge in [0.1, 0.15) is 5.82 Å². The van der Waals surface area contributed by atoms with Crippen LogP contribution < -0.4 is 5.32 Å². The van der Waals surface area contributed by atoms with E-state index in [2.05, 4.69) is 24.1 Å². The van der Waals surface area contributed by atoms with Crippen molar-refractivity contribution in [2.24, 2.45) is 0 Å². The van der Waals surface area contributed by atoms with Crippen LogP contribution in [0, 0.1) is 0 Å². The van der Waals surface area contributed by atoms with E-state index in [1.54, 1.807) is 0 Å². The van der Waals surface area contributed by atoms with E-state index < -0.39 is 0 Å². The molecule has 2 atom stereocenters. The molecule has 15 heavy (non-hydrogen) atoms. The monoisotopic (exact) mass is 207 g/mol. The summed E-state index contributed by atoms with van der Waals surface area (Å²) in [5.41, 5.74) is 2.47. The number of nitrogens with one attached hydrogen (secondary N) is 2. The second-order valence-electron chi connectivity index (χ2n) is 4.89. The number of aromatic nitrogens is 2. The molecule has 3 rings (SSSR count). The fourth-order valence-electron chi connectivity index (χ4n) is 2.46. The highest BCUT2D eigenvalue weighted by Crippen LogP contribution is 2.33. The number of hydrogen-bond donors (Lipinski definition) is 2. The highest BCUT2D eigenvalue weighted by molar-refractivity contribution is 5.24. The maximum Gasteiger partial charge on any atom is 0.114 e. The third-order valence-corrected chi connectivity index (χ3v) is 3.61. The molecule has 0 aliphatic carbocycles. The Labute approximate surface area is 89.4 Å². The van der Waals surface area contributed by atoms with E-state index >= 15 is 0 Å². The average molecular weight is 207 g/mol. The molecular weight excluding hydrogens is 190 g/mol. The summed E-state index contributed by atoms with van der Waals surface area (Å²) in [7, 11) is 0. The summed E-state index contributed by atoms with van der Waals surface area (Å²) in [5.74, 6) is 1.13. The van der Waals surface area contributed by atoms with E-state index in [0.29, 0.717) is 6.61 Å². The Hall–Kier alpha value is -0.870. The maximum absolute atomic E-state index is 5.50. The minimum Gasteiger partial charge on any atom is -0.366 e. The molecule has 0 spiro atoms. The number of imidazole rings is 1. The molecule has 2 N–H and O–H groups in total. The van der Waals surface area contributed by atoms with Gasteiger partial charge in [-0.15, -0.1) is 0 Å². The minimum atomic E-state index is 0.156. The van der Waals surface area contributed by atoms with Gasteiger partial charge in [0.15, 0.2) is 0 Å². The number of nitrogens with zero attached hydrogens (tertiary/aromatic N) is 1. The molecule has 1 aromatic rings. The van der Waals surface area contributed by atoms with Gasteiger partial charge >= 0.3 is 0 Å². The van der Waals surface area contributed by atoms with Crippen LogP contribution in [-0.2, 0) is 16.8 Å². The zero-order valence-corrected chi connectivity index (χ0v) is 9.26. The Bertz CT molecular complexity index is 379. The number of hydrogen-bond acceptors (Lipinski definition) is 3. The fraction of sp³-hybridized carbons (Fsp3) is 0.727. The molecule has 2 aliphatic rings. The standard InChI is InChI=1S/C11H17N3O/c1-7-9-8(5-15-7)13-10(14-9)11(2)3-4-12-6-11/h7,12H,3-6H2,1-2H3,(H,13,14). The van der Waals surface area contributed by atoms with Crippen LogP contribution in [0.3, 0.4) is 0 Å². The lowest BCUT2D eigenvalue weighted by Gasteiger charge is -2.19. The quantitative estimate of drug-likeness (QED) is 0.728. The van der Waals surface area contributed by atoms with Gasteiger partial charge in [-0.1, -0.05) is 6.92 Å². The number of H-pyrrole nitrogens is 1. The van der Waals surface area contributed by atoms with Crippen LogP contribution in [0.2, 0.25) is 0 Å². The molecule has 2 aliphatic heterocycles. The first-order chi connectivity index (χ1) is 7.19. The zero-order chi connectivity index (χ0) is 10.5. The van der Waals surface area contributed by atoms with Crippen LogP contribution >= 0.6 is 0 Å². The first-order valence-electron chi connectivity index (χ1n) is 5.61. The number of ether oxygens (including phenoxy) is 1. The molecule has 0 radical (unpaired) electrons. The molecule has 1 saturated heterocycles. The molecule has 2 unspecified atom stereocenters. The molecule has 4 heteroatoms. The van der Waals surface area contributed by atoms with Gasteiger partial charge in [-0.2, -0.15) is 0 Å². The topological polar surface area (TPSA) is 49.9 Å². The fourth-order valence-corrected chi connectivity index (χ4v) is 2.46. The smallest absolute Gasteiger partial charge is 0.114 e. The van der Waals surface area contributed by atoms with Gasteiger partial charge in [0, 0.05) is 12.0 Å². The van der Waals surface area contributed by atoms with Crippen molar-refractivity contribution < 1.29 is 4.74 Å². The Kier molecular flexibility index (Phi) is 1.91. The molecule has 0 aromatic carbocycles. The minimum absolute atomic E-state index is 0.156. The maximum atomic E-state index is 5.50. The van der Waals surface area contributed by atoms with Gasteiger partial charge < -0.3 is 15.0 Å². The van der Waals surface area contributed by atoms with Crippen molar-refractivity contribution in [3.05, 3.63) is 17.2 Å². The molecule has 1 fully saturated rings. The highest BCUT2D eigenvalue weighted by Gasteiger charge is 2.36. The molecule has 0 saturated carbocycles. The number of aromatic amines is 1. The van der Waals surface area contributed by atoms with Gasteiger partial charge in [-0.25, -0.2) is 4.98 Å². The molecule has 0 bridgehead atoms. The van der Waals surface area contributed by atoms with Crippen molar-refractivity contribution in [1.82, 2.24) is 15.3 Å². The van der Waals surface area contributed by atoms with Crippen molar-refractivity contribution in [3.63, 3.8) is 0 Å². The predicted molar refractivity (Wildman–Crippen MR) is 56.6 cm³/mol. The predicted octanol–water partition coefficient (Wildman–Crippen LogP) is 1.25. The lowest BCUT2D eigenvalue weighted by molar-refractivity contribution is 0.0755. The molecule has 82 valence electrons. The molecule has 1 aromatic heterocycles. The Morgan fingerprint density at radius 3 is 3.07 bits per heavy atom. The first kappa shape index (κ1) is 9.36. The molecular formula is C11H17N3O. The summed E-state index contributed by atoms with van der Waals surface area (Å²) >= 11 is 0. The second-order valence-corrected chi connectivity index (χ2v) is 4.89. The average Bonchev–Trinajstić information content (AvgIpc) is 2.85. The molecule has 4 nitrogen and oxygen atoms in total.